The van der Waals surface area contributed by atoms with Crippen molar-refractivity contribution in [2.75, 3.05) is 0 Å². The van der Waals surface area contributed by atoms with Crippen molar-refractivity contribution in [3.8, 4) is 0 Å². The first kappa shape index (κ1) is 37.9. The molecule has 0 aliphatic rings. The van der Waals surface area contributed by atoms with E-state index in [0.717, 1.165) is 64.7 Å². The summed E-state index contributed by atoms with van der Waals surface area (Å²) in [4.78, 5) is 52.3. The maximum Gasteiger partial charge on any atom is 0.352 e. The molecule has 8 nitrogen and oxygen atoms in total. The molecule has 0 aromatic heterocycles. The van der Waals surface area contributed by atoms with Gasteiger partial charge in [0.05, 0.1) is 12.8 Å². The third-order valence-electron chi connectivity index (χ3n) is 7.20. The Labute approximate surface area is 243 Å². The summed E-state index contributed by atoms with van der Waals surface area (Å²) >= 11 is 0. The van der Waals surface area contributed by atoms with Crippen LogP contribution in [-0.4, -0.2) is 47.8 Å². The molecule has 0 aliphatic heterocycles. The van der Waals surface area contributed by atoms with Gasteiger partial charge in [0.2, 0.25) is 5.60 Å². The first-order chi connectivity index (χ1) is 19.1. The van der Waals surface area contributed by atoms with Crippen LogP contribution in [0.2, 0.25) is 0 Å². The van der Waals surface area contributed by atoms with E-state index >= 15 is 0 Å². The van der Waals surface area contributed by atoms with Crippen LogP contribution in [0.25, 0.3) is 0 Å². The number of esters is 4. The lowest BCUT2D eigenvalue weighted by Crippen LogP contribution is -2.49. The van der Waals surface area contributed by atoms with Gasteiger partial charge >= 0.3 is 23.9 Å². The molecule has 0 radical (unpaired) electrons. The fourth-order valence-corrected chi connectivity index (χ4v) is 4.68. The number of hydrogen-bond donors (Lipinski definition) is 0. The Balaban J connectivity index is 6.01. The summed E-state index contributed by atoms with van der Waals surface area (Å²) in [5, 5.41) is 0. The van der Waals surface area contributed by atoms with Crippen molar-refractivity contribution in [2.45, 2.75) is 182 Å². The van der Waals surface area contributed by atoms with E-state index in [1.54, 1.807) is 0 Å². The third-order valence-corrected chi connectivity index (χ3v) is 7.20. The zero-order chi connectivity index (χ0) is 30.4. The largest absolute Gasteiger partial charge is 0.462 e. The molecule has 0 fully saturated rings. The third kappa shape index (κ3) is 16.2. The van der Waals surface area contributed by atoms with E-state index in [9.17, 15) is 19.2 Å². The summed E-state index contributed by atoms with van der Waals surface area (Å²) in [6.45, 7) is 13.2. The molecule has 0 rings (SSSR count). The highest BCUT2D eigenvalue weighted by Gasteiger charge is 2.49. The van der Waals surface area contributed by atoms with Crippen molar-refractivity contribution in [1.29, 1.82) is 0 Å². The van der Waals surface area contributed by atoms with Gasteiger partial charge < -0.3 is 18.9 Å². The van der Waals surface area contributed by atoms with Gasteiger partial charge in [-0.2, -0.15) is 0 Å². The van der Waals surface area contributed by atoms with E-state index in [4.69, 9.17) is 18.9 Å². The molecule has 0 spiro atoms. The number of hydrogen-bond acceptors (Lipinski definition) is 8. The summed E-state index contributed by atoms with van der Waals surface area (Å²) < 4.78 is 22.7. The van der Waals surface area contributed by atoms with Crippen LogP contribution in [0.1, 0.15) is 158 Å². The SMILES string of the molecule is CCCCC[C@@H](CC)OC(=O)CC(CC(=O)O[C@@H](CC)CCCCC)(OC(C)=O)C(=O)O[C@@H](CC)CCCCC. The molecule has 234 valence electrons. The van der Waals surface area contributed by atoms with Crippen molar-refractivity contribution in [3.05, 3.63) is 0 Å². The van der Waals surface area contributed by atoms with Gasteiger partial charge in [-0.1, -0.05) is 80.1 Å². The van der Waals surface area contributed by atoms with E-state index in [2.05, 4.69) is 20.8 Å². The number of rotatable bonds is 24. The minimum atomic E-state index is -2.15. The Morgan fingerprint density at radius 3 is 1.20 bits per heavy atom. The summed E-state index contributed by atoms with van der Waals surface area (Å²) in [6.07, 6.45) is 10.4. The fraction of sp³-hybridized carbons (Fsp3) is 0.875. The predicted octanol–water partition coefficient (Wildman–Crippen LogP) is 7.77. The van der Waals surface area contributed by atoms with E-state index < -0.39 is 48.4 Å². The number of ether oxygens (including phenoxy) is 4. The molecule has 0 saturated heterocycles. The monoisotopic (exact) mass is 570 g/mol. The van der Waals surface area contributed by atoms with Crippen LogP contribution in [0.4, 0.5) is 0 Å². The molecule has 0 aliphatic carbocycles. The fourth-order valence-electron chi connectivity index (χ4n) is 4.68. The van der Waals surface area contributed by atoms with Crippen LogP contribution in [0.15, 0.2) is 0 Å². The Morgan fingerprint density at radius 2 is 0.900 bits per heavy atom. The van der Waals surface area contributed by atoms with E-state index in [-0.39, 0.29) is 12.2 Å². The second-order valence-electron chi connectivity index (χ2n) is 10.9. The predicted molar refractivity (Wildman–Crippen MR) is 157 cm³/mol. The molecule has 0 heterocycles. The van der Waals surface area contributed by atoms with Crippen molar-refractivity contribution < 1.29 is 38.1 Å². The summed E-state index contributed by atoms with van der Waals surface area (Å²) in [7, 11) is 0. The van der Waals surface area contributed by atoms with Gasteiger partial charge in [0.1, 0.15) is 18.3 Å². The molecule has 0 aromatic rings. The van der Waals surface area contributed by atoms with Crippen molar-refractivity contribution in [3.63, 3.8) is 0 Å². The number of carbonyl (C=O) groups excluding carboxylic acids is 4. The lowest BCUT2D eigenvalue weighted by Gasteiger charge is -2.32. The van der Waals surface area contributed by atoms with Gasteiger partial charge in [-0.15, -0.1) is 0 Å². The van der Waals surface area contributed by atoms with E-state index in [0.29, 0.717) is 38.5 Å². The maximum atomic E-state index is 13.7. The molecule has 8 heteroatoms. The smallest absolute Gasteiger partial charge is 0.352 e. The Hall–Kier alpha value is -2.12. The summed E-state index contributed by atoms with van der Waals surface area (Å²) in [5.41, 5.74) is -2.15. The topological polar surface area (TPSA) is 105 Å². The highest BCUT2D eigenvalue weighted by molar-refractivity contribution is 5.92. The van der Waals surface area contributed by atoms with Gasteiger partial charge in [0.25, 0.3) is 0 Å². The Morgan fingerprint density at radius 1 is 0.550 bits per heavy atom. The van der Waals surface area contributed by atoms with Crippen LogP contribution < -0.4 is 0 Å². The summed E-state index contributed by atoms with van der Waals surface area (Å²) in [5.74, 6) is -3.11. The zero-order valence-electron chi connectivity index (χ0n) is 26.5. The molecule has 0 amide bonds. The van der Waals surface area contributed by atoms with Crippen molar-refractivity contribution >= 4 is 23.9 Å². The highest BCUT2D eigenvalue weighted by Crippen LogP contribution is 2.29. The van der Waals surface area contributed by atoms with Gasteiger partial charge in [0.15, 0.2) is 0 Å². The minimum Gasteiger partial charge on any atom is -0.462 e. The molecule has 0 saturated carbocycles. The van der Waals surface area contributed by atoms with Crippen LogP contribution >= 0.6 is 0 Å². The molecule has 0 bridgehead atoms. The molecular formula is C32H58O8. The second kappa shape index (κ2) is 22.6. The van der Waals surface area contributed by atoms with Gasteiger partial charge in [-0.05, 0) is 57.8 Å². The van der Waals surface area contributed by atoms with Gasteiger partial charge in [0, 0.05) is 6.92 Å². The lowest BCUT2D eigenvalue weighted by molar-refractivity contribution is -0.195. The van der Waals surface area contributed by atoms with Crippen LogP contribution in [0.3, 0.4) is 0 Å². The number of unbranched alkanes of at least 4 members (excludes halogenated alkanes) is 6. The zero-order valence-corrected chi connectivity index (χ0v) is 26.5. The first-order valence-corrected chi connectivity index (χ1v) is 15.9. The standard InChI is InChI=1S/C32H58O8/c1-8-14-17-20-26(11-4)37-29(34)23-32(40-25(7)33,31(36)39-28(13-6)22-19-16-10-3)24-30(35)38-27(12-5)21-18-15-9-2/h26-28H,8-24H2,1-7H3/t26-,27+,28-,32?/m0/s1. The van der Waals surface area contributed by atoms with Crippen LogP contribution in [0.5, 0.6) is 0 Å². The van der Waals surface area contributed by atoms with Crippen molar-refractivity contribution in [1.82, 2.24) is 0 Å². The lowest BCUT2D eigenvalue weighted by atomic mass is 9.94. The average Bonchev–Trinajstić information content (AvgIpc) is 2.90. The van der Waals surface area contributed by atoms with Crippen LogP contribution in [0, 0.1) is 0 Å². The number of carbonyl (C=O) groups is 4. The van der Waals surface area contributed by atoms with E-state index in [1.807, 2.05) is 20.8 Å². The first-order valence-electron chi connectivity index (χ1n) is 15.9. The van der Waals surface area contributed by atoms with Crippen molar-refractivity contribution in [2.24, 2.45) is 0 Å². The summed E-state index contributed by atoms with van der Waals surface area (Å²) in [6, 6.07) is 0. The Bertz CT molecular complexity index is 686. The van der Waals surface area contributed by atoms with E-state index in [1.165, 1.54) is 0 Å². The molecule has 4 atom stereocenters. The molecule has 0 N–H and O–H groups in total. The highest BCUT2D eigenvalue weighted by atomic mass is 16.6. The minimum absolute atomic E-state index is 0.322. The van der Waals surface area contributed by atoms with Gasteiger partial charge in [-0.3, -0.25) is 14.4 Å². The second-order valence-corrected chi connectivity index (χ2v) is 10.9. The average molecular weight is 571 g/mol. The molecule has 40 heavy (non-hydrogen) atoms. The Kier molecular flexibility index (Phi) is 21.4. The maximum absolute atomic E-state index is 13.7. The molecule has 1 unspecified atom stereocenters. The molecular weight excluding hydrogens is 512 g/mol. The quantitative estimate of drug-likeness (QED) is 0.0658. The normalized spacial score (nSPS) is 14.9. The van der Waals surface area contributed by atoms with Crippen LogP contribution in [-0.2, 0) is 38.1 Å². The molecule has 0 aromatic carbocycles. The van der Waals surface area contributed by atoms with Gasteiger partial charge in [-0.25, -0.2) is 4.79 Å².